The first-order chi connectivity index (χ1) is 11.5. The third-order valence-corrected chi connectivity index (χ3v) is 4.40. The second-order valence-corrected chi connectivity index (χ2v) is 6.21. The molecule has 0 radical (unpaired) electrons. The lowest BCUT2D eigenvalue weighted by molar-refractivity contribution is -0.127. The molecule has 1 unspecified atom stereocenters. The molecule has 0 aromatic heterocycles. The molecule has 0 aliphatic carbocycles. The lowest BCUT2D eigenvalue weighted by Crippen LogP contribution is -2.41. The highest BCUT2D eigenvalue weighted by molar-refractivity contribution is 5.79. The van der Waals surface area contributed by atoms with Crippen LogP contribution in [0.25, 0.3) is 0 Å². The van der Waals surface area contributed by atoms with Crippen molar-refractivity contribution in [2.24, 2.45) is 5.92 Å². The molecule has 24 heavy (non-hydrogen) atoms. The second-order valence-electron chi connectivity index (χ2n) is 6.21. The van der Waals surface area contributed by atoms with Crippen molar-refractivity contribution >= 4 is 11.9 Å². The summed E-state index contributed by atoms with van der Waals surface area (Å²) in [5.41, 5.74) is 1.15. The zero-order valence-corrected chi connectivity index (χ0v) is 14.7. The van der Waals surface area contributed by atoms with Crippen LogP contribution in [0.1, 0.15) is 18.9 Å². The Morgan fingerprint density at radius 1 is 1.38 bits per heavy atom. The molecule has 1 N–H and O–H groups in total. The number of benzene rings is 1. The molecule has 1 fully saturated rings. The van der Waals surface area contributed by atoms with E-state index in [-0.39, 0.29) is 17.9 Å². The normalized spacial score (nSPS) is 17.0. The summed E-state index contributed by atoms with van der Waals surface area (Å²) in [7, 11) is 3.42. The summed E-state index contributed by atoms with van der Waals surface area (Å²) in [4.78, 5) is 27.4. The molecule has 0 saturated carbocycles. The third kappa shape index (κ3) is 4.88. The first kappa shape index (κ1) is 18.1. The molecule has 1 aliphatic rings. The van der Waals surface area contributed by atoms with E-state index in [1.807, 2.05) is 36.1 Å². The average Bonchev–Trinajstić information content (AvgIpc) is 2.94. The highest BCUT2D eigenvalue weighted by Gasteiger charge is 2.29. The van der Waals surface area contributed by atoms with E-state index in [9.17, 15) is 9.59 Å². The number of carbonyl (C=O) groups excluding carboxylic acids is 2. The van der Waals surface area contributed by atoms with Crippen LogP contribution in [0, 0.1) is 5.92 Å². The van der Waals surface area contributed by atoms with E-state index in [1.54, 1.807) is 19.1 Å². The summed E-state index contributed by atoms with van der Waals surface area (Å²) in [5.74, 6) is 1.25. The van der Waals surface area contributed by atoms with Crippen molar-refractivity contribution in [3.05, 3.63) is 29.8 Å². The Morgan fingerprint density at radius 2 is 2.08 bits per heavy atom. The quantitative estimate of drug-likeness (QED) is 0.827. The number of amides is 3. The molecule has 1 atom stereocenters. The maximum absolute atomic E-state index is 12.2. The van der Waals surface area contributed by atoms with E-state index in [1.165, 1.54) is 0 Å². The van der Waals surface area contributed by atoms with Crippen LogP contribution in [0.2, 0.25) is 0 Å². The Morgan fingerprint density at radius 3 is 2.67 bits per heavy atom. The number of urea groups is 1. The fourth-order valence-corrected chi connectivity index (χ4v) is 2.99. The molecule has 1 heterocycles. The number of rotatable bonds is 7. The van der Waals surface area contributed by atoms with Gasteiger partial charge in [0.25, 0.3) is 0 Å². The van der Waals surface area contributed by atoms with Gasteiger partial charge in [0.15, 0.2) is 0 Å². The van der Waals surface area contributed by atoms with Crippen molar-refractivity contribution in [3.63, 3.8) is 0 Å². The van der Waals surface area contributed by atoms with Crippen LogP contribution in [0.5, 0.6) is 5.75 Å². The first-order valence-electron chi connectivity index (χ1n) is 8.43. The summed E-state index contributed by atoms with van der Waals surface area (Å²) in [6.07, 6.45) is 1.31. The van der Waals surface area contributed by atoms with Crippen LogP contribution < -0.4 is 10.1 Å². The Bertz CT molecular complexity index is 559. The number of likely N-dealkylation sites (tertiary alicyclic amines) is 1. The topological polar surface area (TPSA) is 61.9 Å². The Hall–Kier alpha value is -2.24. The van der Waals surface area contributed by atoms with Crippen LogP contribution in [0.4, 0.5) is 4.79 Å². The van der Waals surface area contributed by atoms with Gasteiger partial charge in [-0.2, -0.15) is 0 Å². The summed E-state index contributed by atoms with van der Waals surface area (Å²) < 4.78 is 5.13. The fraction of sp³-hybridized carbons (Fsp3) is 0.556. The van der Waals surface area contributed by atoms with E-state index in [0.29, 0.717) is 19.5 Å². The average molecular weight is 333 g/mol. The molecule has 3 amide bonds. The van der Waals surface area contributed by atoms with Crippen LogP contribution in [-0.4, -0.2) is 62.1 Å². The van der Waals surface area contributed by atoms with E-state index in [4.69, 9.17) is 4.74 Å². The van der Waals surface area contributed by atoms with Crippen LogP contribution in [-0.2, 0) is 11.2 Å². The van der Waals surface area contributed by atoms with Crippen molar-refractivity contribution in [2.75, 3.05) is 40.3 Å². The van der Waals surface area contributed by atoms with E-state index in [2.05, 4.69) is 5.32 Å². The lowest BCUT2D eigenvalue weighted by atomic mass is 10.1. The monoisotopic (exact) mass is 333 g/mol. The van der Waals surface area contributed by atoms with Gasteiger partial charge in [0.1, 0.15) is 5.75 Å². The predicted octanol–water partition coefficient (Wildman–Crippen LogP) is 1.75. The smallest absolute Gasteiger partial charge is 0.317 e. The minimum Gasteiger partial charge on any atom is -0.497 e. The number of ether oxygens (including phenoxy) is 1. The van der Waals surface area contributed by atoms with Crippen LogP contribution in [0.15, 0.2) is 24.3 Å². The number of methoxy groups -OCH3 is 1. The second kappa shape index (κ2) is 8.57. The first-order valence-corrected chi connectivity index (χ1v) is 8.43. The SMILES string of the molecule is CCN1CC(CN(C)C(=O)NCCc2ccc(OC)cc2)CC1=O. The highest BCUT2D eigenvalue weighted by atomic mass is 16.5. The molecule has 0 spiro atoms. The molecule has 6 heteroatoms. The van der Waals surface area contributed by atoms with Gasteiger partial charge in [-0.15, -0.1) is 0 Å². The van der Waals surface area contributed by atoms with Gasteiger partial charge >= 0.3 is 6.03 Å². The fourth-order valence-electron chi connectivity index (χ4n) is 2.99. The maximum Gasteiger partial charge on any atom is 0.317 e. The van der Waals surface area contributed by atoms with Gasteiger partial charge in [-0.1, -0.05) is 12.1 Å². The third-order valence-electron chi connectivity index (χ3n) is 4.40. The van der Waals surface area contributed by atoms with E-state index < -0.39 is 0 Å². The highest BCUT2D eigenvalue weighted by Crippen LogP contribution is 2.18. The molecule has 6 nitrogen and oxygen atoms in total. The maximum atomic E-state index is 12.2. The van der Waals surface area contributed by atoms with Crippen molar-refractivity contribution in [2.45, 2.75) is 19.8 Å². The van der Waals surface area contributed by atoms with Gasteiger partial charge in [0, 0.05) is 45.6 Å². The standard InChI is InChI=1S/C18H27N3O3/c1-4-21-13-15(11-17(21)22)12-20(2)18(23)19-10-9-14-5-7-16(24-3)8-6-14/h5-8,15H,4,9-13H2,1-3H3,(H,19,23). The van der Waals surface area contributed by atoms with E-state index >= 15 is 0 Å². The zero-order chi connectivity index (χ0) is 17.5. The lowest BCUT2D eigenvalue weighted by Gasteiger charge is -2.21. The van der Waals surface area contributed by atoms with E-state index in [0.717, 1.165) is 30.8 Å². The molecule has 1 aliphatic heterocycles. The number of hydrogen-bond acceptors (Lipinski definition) is 3. The summed E-state index contributed by atoms with van der Waals surface area (Å²) in [5, 5.41) is 2.93. The minimum atomic E-state index is -0.0918. The van der Waals surface area contributed by atoms with Crippen molar-refractivity contribution in [1.82, 2.24) is 15.1 Å². The number of nitrogens with one attached hydrogen (secondary N) is 1. The summed E-state index contributed by atoms with van der Waals surface area (Å²) >= 11 is 0. The molecule has 0 bridgehead atoms. The van der Waals surface area contributed by atoms with Gasteiger partial charge in [-0.3, -0.25) is 4.79 Å². The van der Waals surface area contributed by atoms with Gasteiger partial charge in [0.2, 0.25) is 5.91 Å². The molecular formula is C18H27N3O3. The zero-order valence-electron chi connectivity index (χ0n) is 14.7. The van der Waals surface area contributed by atoms with Gasteiger partial charge in [0.05, 0.1) is 7.11 Å². The number of hydrogen-bond donors (Lipinski definition) is 1. The number of carbonyl (C=O) groups is 2. The molecule has 132 valence electrons. The Labute approximate surface area is 143 Å². The Kier molecular flexibility index (Phi) is 6.46. The molecule has 2 rings (SSSR count). The molecule has 1 saturated heterocycles. The molecule has 1 aromatic rings. The van der Waals surface area contributed by atoms with Crippen LogP contribution >= 0.6 is 0 Å². The predicted molar refractivity (Wildman–Crippen MR) is 93.1 cm³/mol. The van der Waals surface area contributed by atoms with Crippen molar-refractivity contribution in [1.29, 1.82) is 0 Å². The van der Waals surface area contributed by atoms with Crippen molar-refractivity contribution in [3.8, 4) is 5.75 Å². The number of nitrogens with zero attached hydrogens (tertiary/aromatic N) is 2. The van der Waals surface area contributed by atoms with Gasteiger partial charge in [-0.05, 0) is 31.0 Å². The largest absolute Gasteiger partial charge is 0.497 e. The van der Waals surface area contributed by atoms with Gasteiger partial charge in [-0.25, -0.2) is 4.79 Å². The minimum absolute atomic E-state index is 0.0918. The summed E-state index contributed by atoms with van der Waals surface area (Å²) in [6.45, 7) is 4.67. The Balaban J connectivity index is 1.70. The summed E-state index contributed by atoms with van der Waals surface area (Å²) in [6, 6.07) is 7.74. The molecule has 1 aromatic carbocycles. The van der Waals surface area contributed by atoms with Gasteiger partial charge < -0.3 is 19.9 Å². The van der Waals surface area contributed by atoms with Crippen LogP contribution in [0.3, 0.4) is 0 Å². The molecular weight excluding hydrogens is 306 g/mol. The van der Waals surface area contributed by atoms with Crippen molar-refractivity contribution < 1.29 is 14.3 Å².